The van der Waals surface area contributed by atoms with Crippen molar-refractivity contribution in [2.24, 2.45) is 15.9 Å². The van der Waals surface area contributed by atoms with E-state index in [1.165, 1.54) is 11.8 Å². The molecular formula is C13H16N4O3S. The summed E-state index contributed by atoms with van der Waals surface area (Å²) < 4.78 is 5.93. The summed E-state index contributed by atoms with van der Waals surface area (Å²) in [6, 6.07) is 0. The number of rotatable bonds is 2. The molecule has 2 aliphatic heterocycles. The number of ether oxygens (including phenoxy) is 1. The molecule has 3 N–H and O–H groups in total. The third-order valence-electron chi connectivity index (χ3n) is 4.04. The molecule has 2 heterocycles. The maximum atomic E-state index is 11.7. The number of amidine groups is 1. The van der Waals surface area contributed by atoms with Gasteiger partial charge in [0.15, 0.2) is 5.17 Å². The lowest BCUT2D eigenvalue weighted by molar-refractivity contribution is -0.117. The fourth-order valence-electron chi connectivity index (χ4n) is 2.95. The van der Waals surface area contributed by atoms with Crippen molar-refractivity contribution in [3.8, 4) is 0 Å². The second-order valence-corrected chi connectivity index (χ2v) is 6.28. The fourth-order valence-corrected chi connectivity index (χ4v) is 3.58. The van der Waals surface area contributed by atoms with Gasteiger partial charge >= 0.3 is 0 Å². The van der Waals surface area contributed by atoms with E-state index in [9.17, 15) is 9.59 Å². The second kappa shape index (κ2) is 5.18. The van der Waals surface area contributed by atoms with E-state index in [-0.39, 0.29) is 11.8 Å². The van der Waals surface area contributed by atoms with Crippen LogP contribution in [0.5, 0.6) is 0 Å². The molecule has 8 heteroatoms. The van der Waals surface area contributed by atoms with Gasteiger partial charge in [0.2, 0.25) is 11.8 Å². The molecule has 1 aliphatic carbocycles. The van der Waals surface area contributed by atoms with E-state index in [1.807, 2.05) is 6.92 Å². The number of hydrogen-bond donors (Lipinski definition) is 2. The van der Waals surface area contributed by atoms with Gasteiger partial charge in [0, 0.05) is 0 Å². The second-order valence-electron chi connectivity index (χ2n) is 5.31. The van der Waals surface area contributed by atoms with Crippen molar-refractivity contribution >= 4 is 34.6 Å². The highest BCUT2D eigenvalue weighted by molar-refractivity contribution is 8.15. The minimum absolute atomic E-state index is 0.111. The molecule has 2 fully saturated rings. The zero-order valence-corrected chi connectivity index (χ0v) is 12.5. The molecule has 1 spiro atoms. The molecule has 21 heavy (non-hydrogen) atoms. The van der Waals surface area contributed by atoms with Crippen LogP contribution >= 0.6 is 11.8 Å². The highest BCUT2D eigenvalue weighted by Gasteiger charge is 2.47. The summed E-state index contributed by atoms with van der Waals surface area (Å²) in [5.41, 5.74) is 6.16. The Kier molecular flexibility index (Phi) is 3.48. The highest BCUT2D eigenvalue weighted by atomic mass is 32.2. The van der Waals surface area contributed by atoms with E-state index in [1.54, 1.807) is 0 Å². The Morgan fingerprint density at radius 1 is 1.38 bits per heavy atom. The van der Waals surface area contributed by atoms with E-state index in [0.717, 1.165) is 31.3 Å². The van der Waals surface area contributed by atoms with Gasteiger partial charge in [-0.3, -0.25) is 9.59 Å². The largest absolute Gasteiger partial charge is 0.465 e. The topological polar surface area (TPSA) is 106 Å². The zero-order chi connectivity index (χ0) is 15.0. The van der Waals surface area contributed by atoms with Crippen LogP contribution in [0.25, 0.3) is 0 Å². The molecule has 1 saturated carbocycles. The monoisotopic (exact) mass is 308 g/mol. The Hall–Kier alpha value is -1.83. The number of nitrogens with two attached hydrogens (primary N) is 1. The molecule has 0 bridgehead atoms. The molecule has 0 unspecified atom stereocenters. The van der Waals surface area contributed by atoms with Crippen molar-refractivity contribution in [3.63, 3.8) is 0 Å². The predicted molar refractivity (Wildman–Crippen MR) is 79.6 cm³/mol. The number of carbonyl (C=O) groups is 2. The van der Waals surface area contributed by atoms with Crippen molar-refractivity contribution < 1.29 is 14.3 Å². The number of hydrogen-bond acceptors (Lipinski definition) is 6. The summed E-state index contributed by atoms with van der Waals surface area (Å²) in [7, 11) is 0. The number of thioether (sulfide) groups is 1. The zero-order valence-electron chi connectivity index (χ0n) is 11.6. The van der Waals surface area contributed by atoms with E-state index in [4.69, 9.17) is 10.5 Å². The third-order valence-corrected chi connectivity index (χ3v) is 4.90. The van der Waals surface area contributed by atoms with E-state index >= 15 is 0 Å². The predicted octanol–water partition coefficient (Wildman–Crippen LogP) is 0.664. The van der Waals surface area contributed by atoms with Crippen LogP contribution < -0.4 is 11.1 Å². The minimum Gasteiger partial charge on any atom is -0.465 e. The van der Waals surface area contributed by atoms with Crippen LogP contribution in [0.1, 0.15) is 32.6 Å². The van der Waals surface area contributed by atoms with Gasteiger partial charge in [0.05, 0.1) is 5.75 Å². The SMILES string of the molecule is CC1=C(C(N)=O)C(=NN=C2NC(=O)CS2)OC12CCCC2. The molecule has 0 aromatic carbocycles. The lowest BCUT2D eigenvalue weighted by Crippen LogP contribution is -2.27. The van der Waals surface area contributed by atoms with E-state index in [2.05, 4.69) is 15.5 Å². The van der Waals surface area contributed by atoms with Gasteiger partial charge in [-0.2, -0.15) is 0 Å². The van der Waals surface area contributed by atoms with Crippen molar-refractivity contribution in [2.45, 2.75) is 38.2 Å². The van der Waals surface area contributed by atoms with E-state index < -0.39 is 11.5 Å². The highest BCUT2D eigenvalue weighted by Crippen LogP contribution is 2.45. The first-order valence-corrected chi connectivity index (χ1v) is 7.79. The third kappa shape index (κ3) is 2.44. The van der Waals surface area contributed by atoms with Crippen LogP contribution in [0.15, 0.2) is 21.3 Å². The van der Waals surface area contributed by atoms with E-state index in [0.29, 0.717) is 16.5 Å². The fraction of sp³-hybridized carbons (Fsp3) is 0.538. The van der Waals surface area contributed by atoms with Gasteiger partial charge in [-0.25, -0.2) is 0 Å². The molecule has 112 valence electrons. The van der Waals surface area contributed by atoms with Gasteiger partial charge in [0.1, 0.15) is 11.2 Å². The summed E-state index contributed by atoms with van der Waals surface area (Å²) in [5.74, 6) is -0.179. The Labute approximate surface area is 126 Å². The molecule has 3 rings (SSSR count). The van der Waals surface area contributed by atoms with Gasteiger partial charge < -0.3 is 15.8 Å². The number of nitrogens with zero attached hydrogens (tertiary/aromatic N) is 2. The molecule has 2 amide bonds. The molecule has 0 aromatic rings. The van der Waals surface area contributed by atoms with Crippen LogP contribution in [0.2, 0.25) is 0 Å². The summed E-state index contributed by atoms with van der Waals surface area (Å²) in [6.45, 7) is 1.87. The van der Waals surface area contributed by atoms with Crippen LogP contribution in [0.4, 0.5) is 0 Å². The van der Waals surface area contributed by atoms with Crippen LogP contribution in [-0.2, 0) is 14.3 Å². The summed E-state index contributed by atoms with van der Waals surface area (Å²) in [5, 5.41) is 10.9. The first kappa shape index (κ1) is 14.1. The maximum absolute atomic E-state index is 11.7. The Morgan fingerprint density at radius 3 is 2.67 bits per heavy atom. The normalized spacial score (nSPS) is 27.8. The average molecular weight is 308 g/mol. The van der Waals surface area contributed by atoms with Gasteiger partial charge in [0.25, 0.3) is 5.91 Å². The lowest BCUT2D eigenvalue weighted by Gasteiger charge is -2.24. The molecule has 3 aliphatic rings. The molecule has 7 nitrogen and oxygen atoms in total. The number of amides is 2. The maximum Gasteiger partial charge on any atom is 0.254 e. The number of carbonyl (C=O) groups excluding carboxylic acids is 2. The summed E-state index contributed by atoms with van der Waals surface area (Å²) in [6.07, 6.45) is 3.82. The van der Waals surface area contributed by atoms with Crippen LogP contribution in [0.3, 0.4) is 0 Å². The molecule has 0 aromatic heterocycles. The van der Waals surface area contributed by atoms with Gasteiger partial charge in [-0.1, -0.05) is 11.8 Å². The standard InChI is InChI=1S/C13H16N4O3S/c1-7-9(10(14)19)11(20-13(7)4-2-3-5-13)16-17-12-15-8(18)6-21-12/h2-6H2,1H3,(H2,14,19)(H,15,17,18). The van der Waals surface area contributed by atoms with Crippen molar-refractivity contribution in [1.29, 1.82) is 0 Å². The Bertz CT molecular complexity index is 603. The number of nitrogens with one attached hydrogen (secondary N) is 1. The first-order valence-electron chi connectivity index (χ1n) is 6.81. The quantitative estimate of drug-likeness (QED) is 0.731. The molecule has 1 saturated heterocycles. The van der Waals surface area contributed by atoms with Gasteiger partial charge in [-0.15, -0.1) is 10.2 Å². The molecule has 0 atom stereocenters. The first-order chi connectivity index (χ1) is 10.0. The average Bonchev–Trinajstić information content (AvgIpc) is 3.11. The Morgan fingerprint density at radius 2 is 2.10 bits per heavy atom. The summed E-state index contributed by atoms with van der Waals surface area (Å²) in [4.78, 5) is 22.8. The Balaban J connectivity index is 1.92. The van der Waals surface area contributed by atoms with Crippen LogP contribution in [-0.4, -0.2) is 34.2 Å². The molecular weight excluding hydrogens is 292 g/mol. The van der Waals surface area contributed by atoms with Crippen molar-refractivity contribution in [3.05, 3.63) is 11.1 Å². The minimum atomic E-state index is -0.557. The number of primary amides is 1. The van der Waals surface area contributed by atoms with Gasteiger partial charge in [-0.05, 0) is 38.2 Å². The van der Waals surface area contributed by atoms with Crippen LogP contribution in [0, 0.1) is 0 Å². The molecule has 0 radical (unpaired) electrons. The lowest BCUT2D eigenvalue weighted by atomic mass is 9.91. The van der Waals surface area contributed by atoms with Crippen molar-refractivity contribution in [1.82, 2.24) is 5.32 Å². The van der Waals surface area contributed by atoms with Crippen molar-refractivity contribution in [2.75, 3.05) is 5.75 Å². The summed E-state index contributed by atoms with van der Waals surface area (Å²) >= 11 is 1.26. The smallest absolute Gasteiger partial charge is 0.254 e.